The second kappa shape index (κ2) is 2.62. The Kier molecular flexibility index (Phi) is 1.83. The van der Waals surface area contributed by atoms with Crippen LogP contribution < -0.4 is 0 Å². The lowest BCUT2D eigenvalue weighted by Gasteiger charge is -1.98. The first-order valence-corrected chi connectivity index (χ1v) is 3.15. The van der Waals surface area contributed by atoms with Gasteiger partial charge < -0.3 is 0 Å². The molecule has 0 heterocycles. The summed E-state index contributed by atoms with van der Waals surface area (Å²) in [6.45, 7) is 3.60. The third-order valence-corrected chi connectivity index (χ3v) is 1.49. The molecule has 1 rings (SSSR count). The molecule has 0 N–H and O–H groups in total. The molecule has 0 aromatic carbocycles. The number of hydrogen-bond donors (Lipinski definition) is 0. The van der Waals surface area contributed by atoms with Crippen LogP contribution in [0.15, 0.2) is 24.8 Å². The van der Waals surface area contributed by atoms with E-state index in [2.05, 4.69) is 6.58 Å². The predicted molar refractivity (Wildman–Crippen MR) is 37.1 cm³/mol. The molecule has 0 aromatic rings. The van der Waals surface area contributed by atoms with Gasteiger partial charge in [0.15, 0.2) is 5.78 Å². The molecule has 0 radical (unpaired) electrons. The number of rotatable bonds is 2. The van der Waals surface area contributed by atoms with Gasteiger partial charge in [0.1, 0.15) is 0 Å². The molecule has 1 aliphatic rings. The average molecular weight is 122 g/mol. The summed E-state index contributed by atoms with van der Waals surface area (Å²) < 4.78 is 0. The fraction of sp³-hybridized carbons (Fsp3) is 0.375. The van der Waals surface area contributed by atoms with Crippen molar-refractivity contribution in [1.29, 1.82) is 0 Å². The van der Waals surface area contributed by atoms with Gasteiger partial charge in [-0.3, -0.25) is 4.79 Å². The Balaban J connectivity index is 2.40. The van der Waals surface area contributed by atoms with E-state index in [0.717, 1.165) is 6.42 Å². The molecule has 1 aliphatic carbocycles. The van der Waals surface area contributed by atoms with Crippen LogP contribution in [-0.2, 0) is 4.79 Å². The van der Waals surface area contributed by atoms with Crippen molar-refractivity contribution < 1.29 is 4.79 Å². The number of carbonyl (C=O) groups is 1. The summed E-state index contributed by atoms with van der Waals surface area (Å²) in [6, 6.07) is 0. The molecule has 1 heteroatoms. The second-order valence-electron chi connectivity index (χ2n) is 2.31. The molecule has 0 aliphatic heterocycles. The minimum Gasteiger partial charge on any atom is -0.295 e. The van der Waals surface area contributed by atoms with Crippen LogP contribution in [0.1, 0.15) is 12.8 Å². The predicted octanol–water partition coefficient (Wildman–Crippen LogP) is 1.71. The van der Waals surface area contributed by atoms with E-state index in [1.165, 1.54) is 0 Å². The van der Waals surface area contributed by atoms with Crippen molar-refractivity contribution in [2.75, 3.05) is 0 Å². The molecule has 0 saturated carbocycles. The van der Waals surface area contributed by atoms with E-state index in [9.17, 15) is 4.79 Å². The van der Waals surface area contributed by atoms with Gasteiger partial charge in [-0.1, -0.05) is 12.2 Å². The molecule has 1 atom stereocenters. The maximum atomic E-state index is 10.6. The summed E-state index contributed by atoms with van der Waals surface area (Å²) in [5, 5.41) is 0. The number of allylic oxidation sites excluding steroid dienone is 3. The minimum atomic E-state index is 0.252. The summed E-state index contributed by atoms with van der Waals surface area (Å²) in [5.74, 6) is 0.692. The lowest BCUT2D eigenvalue weighted by atomic mass is 10.1. The van der Waals surface area contributed by atoms with Gasteiger partial charge in [-0.25, -0.2) is 0 Å². The Morgan fingerprint density at radius 2 is 2.67 bits per heavy atom. The van der Waals surface area contributed by atoms with Crippen LogP contribution in [0.2, 0.25) is 0 Å². The third-order valence-electron chi connectivity index (χ3n) is 1.49. The highest BCUT2D eigenvalue weighted by molar-refractivity contribution is 5.92. The van der Waals surface area contributed by atoms with Gasteiger partial charge in [0.25, 0.3) is 0 Å². The van der Waals surface area contributed by atoms with Gasteiger partial charge in [-0.15, -0.1) is 6.58 Å². The van der Waals surface area contributed by atoms with Gasteiger partial charge in [-0.05, 0) is 18.4 Å². The Morgan fingerprint density at radius 1 is 1.89 bits per heavy atom. The van der Waals surface area contributed by atoms with Crippen LogP contribution >= 0.6 is 0 Å². The first kappa shape index (κ1) is 6.27. The van der Waals surface area contributed by atoms with Crippen LogP contribution in [0.25, 0.3) is 0 Å². The van der Waals surface area contributed by atoms with E-state index < -0.39 is 0 Å². The van der Waals surface area contributed by atoms with Crippen molar-refractivity contribution in [2.24, 2.45) is 5.92 Å². The van der Waals surface area contributed by atoms with Gasteiger partial charge in [0.05, 0.1) is 0 Å². The van der Waals surface area contributed by atoms with E-state index >= 15 is 0 Å². The largest absolute Gasteiger partial charge is 0.295 e. The van der Waals surface area contributed by atoms with Crippen LogP contribution in [0.5, 0.6) is 0 Å². The molecular formula is C8H10O. The van der Waals surface area contributed by atoms with Crippen molar-refractivity contribution in [3.8, 4) is 0 Å². The zero-order chi connectivity index (χ0) is 6.69. The number of carbonyl (C=O) groups excluding carboxylic acids is 1. The Labute approximate surface area is 55.1 Å². The molecule has 1 unspecified atom stereocenters. The summed E-state index contributed by atoms with van der Waals surface area (Å²) >= 11 is 0. The average Bonchev–Trinajstić information content (AvgIpc) is 2.17. The maximum absolute atomic E-state index is 10.6. The molecule has 1 nitrogen and oxygen atoms in total. The van der Waals surface area contributed by atoms with E-state index in [1.54, 1.807) is 6.08 Å². The second-order valence-corrected chi connectivity index (χ2v) is 2.31. The topological polar surface area (TPSA) is 17.1 Å². The molecule has 0 saturated heterocycles. The number of hydrogen-bond acceptors (Lipinski definition) is 1. The van der Waals surface area contributed by atoms with Crippen molar-refractivity contribution in [3.05, 3.63) is 24.8 Å². The van der Waals surface area contributed by atoms with Crippen molar-refractivity contribution >= 4 is 5.78 Å². The smallest absolute Gasteiger partial charge is 0.155 e. The highest BCUT2D eigenvalue weighted by Crippen LogP contribution is 2.17. The lowest BCUT2D eigenvalue weighted by Crippen LogP contribution is -1.93. The SMILES string of the molecule is C=CCC1C=CC(=O)C1. The molecule has 48 valence electrons. The normalized spacial score (nSPS) is 24.9. The van der Waals surface area contributed by atoms with Crippen molar-refractivity contribution in [1.82, 2.24) is 0 Å². The monoisotopic (exact) mass is 122 g/mol. The molecular weight excluding hydrogens is 112 g/mol. The highest BCUT2D eigenvalue weighted by Gasteiger charge is 2.13. The Morgan fingerprint density at radius 3 is 3.11 bits per heavy atom. The Hall–Kier alpha value is -0.850. The minimum absolute atomic E-state index is 0.252. The summed E-state index contributed by atoms with van der Waals surface area (Å²) in [7, 11) is 0. The molecule has 0 bridgehead atoms. The quantitative estimate of drug-likeness (QED) is 0.509. The third kappa shape index (κ3) is 1.53. The van der Waals surface area contributed by atoms with E-state index in [-0.39, 0.29) is 5.78 Å². The Bertz CT molecular complexity index is 156. The first-order valence-electron chi connectivity index (χ1n) is 3.15. The van der Waals surface area contributed by atoms with Crippen LogP contribution in [0, 0.1) is 5.92 Å². The lowest BCUT2D eigenvalue weighted by molar-refractivity contribution is -0.114. The molecule has 0 aromatic heterocycles. The van der Waals surface area contributed by atoms with Crippen molar-refractivity contribution in [3.63, 3.8) is 0 Å². The first-order chi connectivity index (χ1) is 4.33. The molecule has 0 spiro atoms. The molecule has 0 amide bonds. The van der Waals surface area contributed by atoms with Crippen LogP contribution in [0.4, 0.5) is 0 Å². The zero-order valence-electron chi connectivity index (χ0n) is 5.34. The van der Waals surface area contributed by atoms with E-state index in [1.807, 2.05) is 12.2 Å². The highest BCUT2D eigenvalue weighted by atomic mass is 16.1. The fourth-order valence-electron chi connectivity index (χ4n) is 1.01. The molecule has 9 heavy (non-hydrogen) atoms. The summed E-state index contributed by atoms with van der Waals surface area (Å²) in [6.07, 6.45) is 7.10. The fourth-order valence-corrected chi connectivity index (χ4v) is 1.01. The summed E-state index contributed by atoms with van der Waals surface area (Å²) in [5.41, 5.74) is 0. The van der Waals surface area contributed by atoms with Crippen LogP contribution in [0.3, 0.4) is 0 Å². The van der Waals surface area contributed by atoms with Gasteiger partial charge in [0.2, 0.25) is 0 Å². The van der Waals surface area contributed by atoms with E-state index in [0.29, 0.717) is 12.3 Å². The van der Waals surface area contributed by atoms with Crippen molar-refractivity contribution in [2.45, 2.75) is 12.8 Å². The summed E-state index contributed by atoms with van der Waals surface area (Å²) in [4.78, 5) is 10.6. The molecule has 0 fully saturated rings. The number of ketones is 1. The van der Waals surface area contributed by atoms with Crippen LogP contribution in [-0.4, -0.2) is 5.78 Å². The van der Waals surface area contributed by atoms with Gasteiger partial charge >= 0.3 is 0 Å². The van der Waals surface area contributed by atoms with Gasteiger partial charge in [0, 0.05) is 6.42 Å². The van der Waals surface area contributed by atoms with Gasteiger partial charge in [-0.2, -0.15) is 0 Å². The standard InChI is InChI=1S/C8H10O/c1-2-3-7-4-5-8(9)6-7/h2,4-5,7H,1,3,6H2. The van der Waals surface area contributed by atoms with E-state index in [4.69, 9.17) is 0 Å². The maximum Gasteiger partial charge on any atom is 0.155 e. The zero-order valence-corrected chi connectivity index (χ0v) is 5.34.